The Morgan fingerprint density at radius 2 is 2.17 bits per heavy atom. The Morgan fingerprint density at radius 1 is 1.28 bits per heavy atom. The van der Waals surface area contributed by atoms with Crippen LogP contribution in [0.15, 0.2) is 36.8 Å². The summed E-state index contributed by atoms with van der Waals surface area (Å²) in [6, 6.07) is 4.62. The molecule has 8 heteroatoms. The number of hydrogen-bond acceptors (Lipinski definition) is 4. The molecular weight excluding hydrogens is 373 g/mol. The van der Waals surface area contributed by atoms with Crippen molar-refractivity contribution in [1.82, 2.24) is 25.6 Å². The maximum absolute atomic E-state index is 13.6. The summed E-state index contributed by atoms with van der Waals surface area (Å²) in [5, 5.41) is 6.70. The fourth-order valence-electron chi connectivity index (χ4n) is 3.80. The summed E-state index contributed by atoms with van der Waals surface area (Å²) in [6.45, 7) is 0.379. The van der Waals surface area contributed by atoms with Crippen molar-refractivity contribution in [3.8, 4) is 0 Å². The van der Waals surface area contributed by atoms with E-state index in [4.69, 9.17) is 0 Å². The molecule has 3 N–H and O–H groups in total. The second-order valence-electron chi connectivity index (χ2n) is 7.17. The standard InChI is InChI=1S/C21H22FN5O2/c22-13-6-7-16-15(11-13)14-3-1-4-17(20(14)27-16)26-19(28)5-2-8-25-21(29)18-12-23-9-10-24-18/h6-7,9-12,17,27H,1-5,8H2,(H,25,29)(H,26,28). The van der Waals surface area contributed by atoms with Crippen molar-refractivity contribution >= 4 is 22.7 Å². The summed E-state index contributed by atoms with van der Waals surface area (Å²) in [7, 11) is 0. The van der Waals surface area contributed by atoms with E-state index in [1.807, 2.05) is 0 Å². The van der Waals surface area contributed by atoms with E-state index in [0.717, 1.165) is 41.4 Å². The SMILES string of the molecule is O=C(CCCNC(=O)c1cnccn1)NC1CCCc2c1[nH]c1ccc(F)cc21. The molecule has 150 valence electrons. The molecule has 2 heterocycles. The van der Waals surface area contributed by atoms with Crippen molar-refractivity contribution in [2.75, 3.05) is 6.54 Å². The van der Waals surface area contributed by atoms with Gasteiger partial charge < -0.3 is 15.6 Å². The molecule has 1 aromatic carbocycles. The molecule has 29 heavy (non-hydrogen) atoms. The average molecular weight is 395 g/mol. The van der Waals surface area contributed by atoms with Crippen LogP contribution >= 0.6 is 0 Å². The summed E-state index contributed by atoms with van der Waals surface area (Å²) < 4.78 is 13.6. The van der Waals surface area contributed by atoms with Crippen LogP contribution in [0.1, 0.15) is 53.5 Å². The van der Waals surface area contributed by atoms with Crippen LogP contribution in [0.3, 0.4) is 0 Å². The normalized spacial score (nSPS) is 15.7. The van der Waals surface area contributed by atoms with E-state index >= 15 is 0 Å². The zero-order chi connectivity index (χ0) is 20.2. The summed E-state index contributed by atoms with van der Waals surface area (Å²) in [6.07, 6.45) is 7.85. The minimum atomic E-state index is -0.305. The molecule has 1 unspecified atom stereocenters. The van der Waals surface area contributed by atoms with E-state index in [0.29, 0.717) is 19.4 Å². The number of rotatable bonds is 6. The molecule has 0 saturated heterocycles. The Balaban J connectivity index is 1.31. The van der Waals surface area contributed by atoms with Gasteiger partial charge in [0.25, 0.3) is 5.91 Å². The molecule has 4 rings (SSSR count). The second-order valence-corrected chi connectivity index (χ2v) is 7.17. The minimum Gasteiger partial charge on any atom is -0.356 e. The second kappa shape index (κ2) is 8.38. The Hall–Kier alpha value is -3.29. The first-order valence-electron chi connectivity index (χ1n) is 9.75. The van der Waals surface area contributed by atoms with Gasteiger partial charge in [-0.1, -0.05) is 0 Å². The van der Waals surface area contributed by atoms with Gasteiger partial charge in [0.15, 0.2) is 0 Å². The third-order valence-electron chi connectivity index (χ3n) is 5.17. The van der Waals surface area contributed by atoms with Crippen LogP contribution in [0.25, 0.3) is 10.9 Å². The van der Waals surface area contributed by atoms with Crippen LogP contribution in [0.5, 0.6) is 0 Å². The molecule has 3 aromatic rings. The van der Waals surface area contributed by atoms with Crippen LogP contribution in [0.4, 0.5) is 4.39 Å². The van der Waals surface area contributed by atoms with Crippen molar-refractivity contribution < 1.29 is 14.0 Å². The molecular formula is C21H22FN5O2. The van der Waals surface area contributed by atoms with Gasteiger partial charge in [-0.3, -0.25) is 14.6 Å². The van der Waals surface area contributed by atoms with E-state index in [1.165, 1.54) is 24.7 Å². The number of halogens is 1. The number of carbonyl (C=O) groups is 2. The molecule has 7 nitrogen and oxygen atoms in total. The van der Waals surface area contributed by atoms with E-state index in [1.54, 1.807) is 12.1 Å². The fourth-order valence-corrected chi connectivity index (χ4v) is 3.80. The predicted molar refractivity (Wildman–Crippen MR) is 106 cm³/mol. The number of nitrogens with one attached hydrogen (secondary N) is 3. The molecule has 0 radical (unpaired) electrons. The lowest BCUT2D eigenvalue weighted by molar-refractivity contribution is -0.122. The molecule has 0 spiro atoms. The highest BCUT2D eigenvalue weighted by atomic mass is 19.1. The van der Waals surface area contributed by atoms with Gasteiger partial charge in [0.2, 0.25) is 5.91 Å². The topological polar surface area (TPSA) is 99.8 Å². The number of aromatic amines is 1. The number of hydrogen-bond donors (Lipinski definition) is 3. The highest BCUT2D eigenvalue weighted by Crippen LogP contribution is 2.35. The number of H-pyrrole nitrogens is 1. The molecule has 1 aliphatic carbocycles. The molecule has 1 aliphatic rings. The monoisotopic (exact) mass is 395 g/mol. The Morgan fingerprint density at radius 3 is 3.00 bits per heavy atom. The van der Waals surface area contributed by atoms with Crippen molar-refractivity contribution in [3.63, 3.8) is 0 Å². The minimum absolute atomic E-state index is 0.0681. The first-order valence-corrected chi connectivity index (χ1v) is 9.75. The van der Waals surface area contributed by atoms with Gasteiger partial charge in [0.1, 0.15) is 11.5 Å². The van der Waals surface area contributed by atoms with Crippen LogP contribution < -0.4 is 10.6 Å². The number of nitrogens with zero attached hydrogens (tertiary/aromatic N) is 2. The molecule has 2 aromatic heterocycles. The van der Waals surface area contributed by atoms with E-state index in [9.17, 15) is 14.0 Å². The first kappa shape index (κ1) is 19.0. The maximum Gasteiger partial charge on any atom is 0.271 e. The molecule has 0 fully saturated rings. The van der Waals surface area contributed by atoms with Gasteiger partial charge in [-0.05, 0) is 49.4 Å². The number of aryl methyl sites for hydroxylation is 1. The zero-order valence-electron chi connectivity index (χ0n) is 15.9. The van der Waals surface area contributed by atoms with Crippen LogP contribution in [0.2, 0.25) is 0 Å². The highest BCUT2D eigenvalue weighted by Gasteiger charge is 2.25. The third kappa shape index (κ3) is 4.26. The van der Waals surface area contributed by atoms with Crippen LogP contribution in [-0.2, 0) is 11.2 Å². The van der Waals surface area contributed by atoms with Crippen LogP contribution in [-0.4, -0.2) is 33.3 Å². The molecule has 1 atom stereocenters. The Labute approximate surface area is 167 Å². The van der Waals surface area contributed by atoms with E-state index in [2.05, 4.69) is 25.6 Å². The van der Waals surface area contributed by atoms with Crippen molar-refractivity contribution in [2.24, 2.45) is 0 Å². The average Bonchev–Trinajstić information content (AvgIpc) is 3.11. The van der Waals surface area contributed by atoms with E-state index in [-0.39, 0.29) is 29.4 Å². The number of carbonyl (C=O) groups excluding carboxylic acids is 2. The van der Waals surface area contributed by atoms with Gasteiger partial charge >= 0.3 is 0 Å². The molecule has 2 amide bonds. The first-order chi connectivity index (χ1) is 14.1. The van der Waals surface area contributed by atoms with Gasteiger partial charge in [0, 0.05) is 42.0 Å². The lowest BCUT2D eigenvalue weighted by Crippen LogP contribution is -2.32. The number of aromatic nitrogens is 3. The Bertz CT molecular complexity index is 1030. The predicted octanol–water partition coefficient (Wildman–Crippen LogP) is 2.80. The summed E-state index contributed by atoms with van der Waals surface area (Å²) in [5.74, 6) is -0.629. The zero-order valence-corrected chi connectivity index (χ0v) is 15.9. The van der Waals surface area contributed by atoms with Gasteiger partial charge in [0.05, 0.1) is 12.2 Å². The summed E-state index contributed by atoms with van der Waals surface area (Å²) >= 11 is 0. The lowest BCUT2D eigenvalue weighted by atomic mass is 9.91. The largest absolute Gasteiger partial charge is 0.356 e. The number of benzene rings is 1. The fraction of sp³-hybridized carbons (Fsp3) is 0.333. The quantitative estimate of drug-likeness (QED) is 0.559. The van der Waals surface area contributed by atoms with Crippen molar-refractivity contribution in [3.05, 3.63) is 59.6 Å². The molecule has 0 aliphatic heterocycles. The van der Waals surface area contributed by atoms with Gasteiger partial charge in [-0.2, -0.15) is 0 Å². The van der Waals surface area contributed by atoms with Gasteiger partial charge in [-0.25, -0.2) is 9.37 Å². The number of amides is 2. The lowest BCUT2D eigenvalue weighted by Gasteiger charge is -2.24. The Kier molecular flexibility index (Phi) is 5.50. The van der Waals surface area contributed by atoms with Crippen LogP contribution in [0, 0.1) is 5.82 Å². The van der Waals surface area contributed by atoms with Crippen molar-refractivity contribution in [1.29, 1.82) is 0 Å². The smallest absolute Gasteiger partial charge is 0.271 e. The van der Waals surface area contributed by atoms with Gasteiger partial charge in [-0.15, -0.1) is 0 Å². The third-order valence-corrected chi connectivity index (χ3v) is 5.17. The highest BCUT2D eigenvalue weighted by molar-refractivity contribution is 5.91. The summed E-state index contributed by atoms with van der Waals surface area (Å²) in [5.41, 5.74) is 3.21. The molecule has 0 saturated carbocycles. The molecule has 0 bridgehead atoms. The van der Waals surface area contributed by atoms with Crippen molar-refractivity contribution in [2.45, 2.75) is 38.1 Å². The van der Waals surface area contributed by atoms with E-state index < -0.39 is 0 Å². The number of fused-ring (bicyclic) bond motifs is 3. The summed E-state index contributed by atoms with van der Waals surface area (Å²) in [4.78, 5) is 35.4. The maximum atomic E-state index is 13.6.